The number of ether oxygens (including phenoxy) is 1. The number of carbonyl (C=O) groups excluding carboxylic acids is 1. The normalized spacial score (nSPS) is 12.1. The second kappa shape index (κ2) is 6.31. The molecule has 0 atom stereocenters. The van der Waals surface area contributed by atoms with Gasteiger partial charge in [0, 0.05) is 5.56 Å². The van der Waals surface area contributed by atoms with Gasteiger partial charge >= 0.3 is 5.97 Å². The summed E-state index contributed by atoms with van der Waals surface area (Å²) in [5, 5.41) is 9.33. The van der Waals surface area contributed by atoms with E-state index in [9.17, 15) is 9.90 Å². The maximum absolute atomic E-state index is 12.4. The first-order valence-electron chi connectivity index (χ1n) is 8.15. The Morgan fingerprint density at radius 3 is 1.96 bits per heavy atom. The van der Waals surface area contributed by atoms with Crippen LogP contribution >= 0.6 is 0 Å². The van der Waals surface area contributed by atoms with E-state index in [2.05, 4.69) is 47.6 Å². The molecule has 2 aromatic carbocycles. The minimum Gasteiger partial charge on any atom is -0.508 e. The van der Waals surface area contributed by atoms with E-state index >= 15 is 0 Å². The summed E-state index contributed by atoms with van der Waals surface area (Å²) >= 11 is 0. The molecule has 0 amide bonds. The van der Waals surface area contributed by atoms with E-state index in [-0.39, 0.29) is 16.6 Å². The van der Waals surface area contributed by atoms with Gasteiger partial charge in [-0.2, -0.15) is 0 Å². The first kappa shape index (κ1) is 18.1. The van der Waals surface area contributed by atoms with Gasteiger partial charge in [-0.25, -0.2) is 4.79 Å². The van der Waals surface area contributed by atoms with Crippen LogP contribution in [0.1, 0.15) is 63.0 Å². The van der Waals surface area contributed by atoms with Gasteiger partial charge in [-0.05, 0) is 46.7 Å². The molecule has 3 heteroatoms. The maximum Gasteiger partial charge on any atom is 0.343 e. The largest absolute Gasteiger partial charge is 0.508 e. The molecule has 1 N–H and O–H groups in total. The van der Waals surface area contributed by atoms with Crippen molar-refractivity contribution in [3.8, 4) is 11.5 Å². The molecule has 0 saturated heterocycles. The van der Waals surface area contributed by atoms with E-state index in [1.54, 1.807) is 12.1 Å². The summed E-state index contributed by atoms with van der Waals surface area (Å²) in [5.74, 6) is 0.272. The maximum atomic E-state index is 12.4. The molecule has 128 valence electrons. The average molecular weight is 326 g/mol. The molecular weight excluding hydrogens is 300 g/mol. The highest BCUT2D eigenvalue weighted by molar-refractivity contribution is 5.91. The van der Waals surface area contributed by atoms with Crippen molar-refractivity contribution in [1.82, 2.24) is 0 Å². The van der Waals surface area contributed by atoms with Crippen LogP contribution in [0.15, 0.2) is 42.5 Å². The van der Waals surface area contributed by atoms with Crippen LogP contribution in [0, 0.1) is 0 Å². The van der Waals surface area contributed by atoms with E-state index in [4.69, 9.17) is 4.74 Å². The van der Waals surface area contributed by atoms with Gasteiger partial charge in [-0.15, -0.1) is 0 Å². The summed E-state index contributed by atoms with van der Waals surface area (Å²) < 4.78 is 5.65. The molecule has 0 fully saturated rings. The van der Waals surface area contributed by atoms with E-state index in [1.807, 2.05) is 12.1 Å². The molecule has 3 nitrogen and oxygen atoms in total. The van der Waals surface area contributed by atoms with Crippen LogP contribution in [0.3, 0.4) is 0 Å². The van der Waals surface area contributed by atoms with Crippen LogP contribution in [0.25, 0.3) is 0 Å². The molecule has 0 aliphatic rings. The molecule has 0 aliphatic carbocycles. The van der Waals surface area contributed by atoms with Crippen LogP contribution in [-0.4, -0.2) is 11.1 Å². The molecule has 0 aliphatic heterocycles. The lowest BCUT2D eigenvalue weighted by atomic mass is 9.80. The van der Waals surface area contributed by atoms with Crippen molar-refractivity contribution in [3.63, 3.8) is 0 Å². The SMILES string of the molecule is CC(C)(C)c1ccc(OC(=O)c2ccc(O)cc2)c(C(C)(C)C)c1. The fourth-order valence-electron chi connectivity index (χ4n) is 2.43. The highest BCUT2D eigenvalue weighted by Gasteiger charge is 2.24. The standard InChI is InChI=1S/C21H26O3/c1-20(2,3)15-9-12-18(17(13-15)21(4,5)6)24-19(23)14-7-10-16(22)11-8-14/h7-13,22H,1-6H3. The molecule has 0 radical (unpaired) electrons. The number of hydrogen-bond donors (Lipinski definition) is 1. The Bertz CT molecular complexity index is 729. The highest BCUT2D eigenvalue weighted by Crippen LogP contribution is 2.35. The van der Waals surface area contributed by atoms with Crippen LogP contribution in [0.5, 0.6) is 11.5 Å². The van der Waals surface area contributed by atoms with Crippen molar-refractivity contribution in [1.29, 1.82) is 0 Å². The van der Waals surface area contributed by atoms with Gasteiger partial charge in [0.15, 0.2) is 0 Å². The van der Waals surface area contributed by atoms with Gasteiger partial charge in [-0.1, -0.05) is 53.7 Å². The zero-order valence-corrected chi connectivity index (χ0v) is 15.3. The number of aromatic hydroxyl groups is 1. The molecule has 24 heavy (non-hydrogen) atoms. The molecular formula is C21H26O3. The van der Waals surface area contributed by atoms with Gasteiger partial charge in [0.05, 0.1) is 5.56 Å². The fourth-order valence-corrected chi connectivity index (χ4v) is 2.43. The lowest BCUT2D eigenvalue weighted by Gasteiger charge is -2.26. The topological polar surface area (TPSA) is 46.5 Å². The summed E-state index contributed by atoms with van der Waals surface area (Å²) in [7, 11) is 0. The summed E-state index contributed by atoms with van der Waals surface area (Å²) in [6, 6.07) is 12.1. The lowest BCUT2D eigenvalue weighted by molar-refractivity contribution is 0.0732. The number of rotatable bonds is 2. The van der Waals surface area contributed by atoms with Gasteiger partial charge < -0.3 is 9.84 Å². The molecule has 0 spiro atoms. The molecule has 0 bridgehead atoms. The second-order valence-electron chi connectivity index (χ2n) is 8.15. The summed E-state index contributed by atoms with van der Waals surface area (Å²) in [6.07, 6.45) is 0. The third-order valence-corrected chi connectivity index (χ3v) is 3.96. The van der Waals surface area contributed by atoms with Crippen LogP contribution < -0.4 is 4.74 Å². The molecule has 0 saturated carbocycles. The fraction of sp³-hybridized carbons (Fsp3) is 0.381. The van der Waals surface area contributed by atoms with E-state index in [0.29, 0.717) is 11.3 Å². The molecule has 2 rings (SSSR count). The number of esters is 1. The van der Waals surface area contributed by atoms with Crippen LogP contribution in [0.4, 0.5) is 0 Å². The highest BCUT2D eigenvalue weighted by atomic mass is 16.5. The van der Waals surface area contributed by atoms with Gasteiger partial charge in [0.2, 0.25) is 0 Å². The Hall–Kier alpha value is -2.29. The number of phenols is 1. The van der Waals surface area contributed by atoms with Crippen molar-refractivity contribution in [2.45, 2.75) is 52.4 Å². The van der Waals surface area contributed by atoms with E-state index in [1.165, 1.54) is 17.7 Å². The van der Waals surface area contributed by atoms with Crippen molar-refractivity contribution in [2.24, 2.45) is 0 Å². The monoisotopic (exact) mass is 326 g/mol. The summed E-state index contributed by atoms with van der Waals surface area (Å²) in [6.45, 7) is 12.8. The molecule has 0 aromatic heterocycles. The Morgan fingerprint density at radius 2 is 1.46 bits per heavy atom. The first-order chi connectivity index (χ1) is 11.0. The third kappa shape index (κ3) is 4.16. The van der Waals surface area contributed by atoms with Crippen molar-refractivity contribution in [2.75, 3.05) is 0 Å². The van der Waals surface area contributed by atoms with Crippen molar-refractivity contribution in [3.05, 3.63) is 59.2 Å². The minimum atomic E-state index is -0.427. The lowest BCUT2D eigenvalue weighted by Crippen LogP contribution is -2.19. The Labute approximate surface area is 144 Å². The molecule has 2 aromatic rings. The van der Waals surface area contributed by atoms with Crippen LogP contribution in [0.2, 0.25) is 0 Å². The predicted octanol–water partition coefficient (Wildman–Crippen LogP) is 5.21. The van der Waals surface area contributed by atoms with Crippen LogP contribution in [-0.2, 0) is 10.8 Å². The quantitative estimate of drug-likeness (QED) is 0.609. The Morgan fingerprint density at radius 1 is 0.875 bits per heavy atom. The van der Waals surface area contributed by atoms with Crippen molar-refractivity contribution < 1.29 is 14.6 Å². The van der Waals surface area contributed by atoms with E-state index in [0.717, 1.165) is 5.56 Å². The van der Waals surface area contributed by atoms with Gasteiger partial charge in [0.1, 0.15) is 11.5 Å². The smallest absolute Gasteiger partial charge is 0.343 e. The number of benzene rings is 2. The Kier molecular flexibility index (Phi) is 4.75. The minimum absolute atomic E-state index is 0.0273. The predicted molar refractivity (Wildman–Crippen MR) is 96.9 cm³/mol. The summed E-state index contributed by atoms with van der Waals surface area (Å²) in [5.41, 5.74) is 2.50. The zero-order chi connectivity index (χ0) is 18.1. The van der Waals surface area contributed by atoms with Gasteiger partial charge in [-0.3, -0.25) is 0 Å². The number of phenolic OH excluding ortho intramolecular Hbond substituents is 1. The Balaban J connectivity index is 2.39. The number of hydrogen-bond acceptors (Lipinski definition) is 3. The average Bonchev–Trinajstić information content (AvgIpc) is 2.46. The molecule has 0 unspecified atom stereocenters. The van der Waals surface area contributed by atoms with Gasteiger partial charge in [0.25, 0.3) is 0 Å². The molecule has 0 heterocycles. The first-order valence-corrected chi connectivity index (χ1v) is 8.15. The third-order valence-electron chi connectivity index (χ3n) is 3.96. The van der Waals surface area contributed by atoms with Crippen molar-refractivity contribution >= 4 is 5.97 Å². The number of carbonyl (C=O) groups is 1. The van der Waals surface area contributed by atoms with E-state index < -0.39 is 5.97 Å². The zero-order valence-electron chi connectivity index (χ0n) is 15.3. The summed E-state index contributed by atoms with van der Waals surface area (Å²) in [4.78, 5) is 12.4. The second-order valence-corrected chi connectivity index (χ2v) is 8.15.